The zero-order valence-electron chi connectivity index (χ0n) is 11.3. The van der Waals surface area contributed by atoms with E-state index in [-0.39, 0.29) is 0 Å². The summed E-state index contributed by atoms with van der Waals surface area (Å²) in [6.07, 6.45) is 0. The van der Waals surface area contributed by atoms with Crippen molar-refractivity contribution in [3.63, 3.8) is 0 Å². The van der Waals surface area contributed by atoms with Gasteiger partial charge in [-0.2, -0.15) is 0 Å². The lowest BCUT2D eigenvalue weighted by Gasteiger charge is -2.13. The van der Waals surface area contributed by atoms with Gasteiger partial charge in [-0.1, -0.05) is 6.07 Å². The third-order valence-corrected chi connectivity index (χ3v) is 3.65. The van der Waals surface area contributed by atoms with Crippen LogP contribution in [0.5, 0.6) is 11.5 Å². The van der Waals surface area contributed by atoms with Gasteiger partial charge in [0.1, 0.15) is 6.61 Å². The maximum absolute atomic E-state index is 5.84. The summed E-state index contributed by atoms with van der Waals surface area (Å²) in [5, 5.41) is 0. The molecule has 5 heteroatoms. The highest BCUT2D eigenvalue weighted by Crippen LogP contribution is 2.37. The molecule has 0 bridgehead atoms. The number of halogens is 2. The topological polar surface area (TPSA) is 31.4 Å². The number of hydrogen-bond donors (Lipinski definition) is 0. The number of rotatable bonds is 5. The van der Waals surface area contributed by atoms with Gasteiger partial charge in [0.2, 0.25) is 0 Å². The minimum absolute atomic E-state index is 0.386. The average molecular weight is 357 g/mol. The monoisotopic (exact) mass is 355 g/mol. The van der Waals surface area contributed by atoms with Crippen molar-refractivity contribution in [1.82, 2.24) is 4.98 Å². The maximum Gasteiger partial charge on any atom is 0.175 e. The zero-order chi connectivity index (χ0) is 14.5. The number of aromatic nitrogens is 1. The van der Waals surface area contributed by atoms with Crippen LogP contribution in [0.25, 0.3) is 0 Å². The Morgan fingerprint density at radius 2 is 2.10 bits per heavy atom. The van der Waals surface area contributed by atoms with Crippen LogP contribution < -0.4 is 9.47 Å². The number of aryl methyl sites for hydroxylation is 1. The quantitative estimate of drug-likeness (QED) is 0.740. The van der Waals surface area contributed by atoms with Crippen LogP contribution >= 0.6 is 27.5 Å². The van der Waals surface area contributed by atoms with Crippen molar-refractivity contribution in [3.8, 4) is 11.5 Å². The number of methoxy groups -OCH3 is 1. The summed E-state index contributed by atoms with van der Waals surface area (Å²) in [5.41, 5.74) is 2.81. The first-order valence-electron chi connectivity index (χ1n) is 6.11. The molecule has 0 saturated heterocycles. The highest BCUT2D eigenvalue weighted by Gasteiger charge is 2.12. The molecule has 1 aromatic carbocycles. The molecule has 0 amide bonds. The lowest BCUT2D eigenvalue weighted by molar-refractivity contribution is 0.278. The van der Waals surface area contributed by atoms with E-state index in [0.29, 0.717) is 24.0 Å². The number of ether oxygens (including phenoxy) is 2. The normalized spacial score (nSPS) is 10.4. The zero-order valence-corrected chi connectivity index (χ0v) is 13.7. The molecule has 3 nitrogen and oxygen atoms in total. The molecule has 0 spiro atoms. The van der Waals surface area contributed by atoms with E-state index < -0.39 is 0 Å². The summed E-state index contributed by atoms with van der Waals surface area (Å²) in [7, 11) is 1.61. The van der Waals surface area contributed by atoms with Gasteiger partial charge in [-0.3, -0.25) is 4.98 Å². The molecule has 2 aromatic rings. The molecule has 20 heavy (non-hydrogen) atoms. The van der Waals surface area contributed by atoms with Crippen LogP contribution in [0, 0.1) is 6.92 Å². The Bertz CT molecular complexity index is 604. The van der Waals surface area contributed by atoms with Gasteiger partial charge in [0.05, 0.1) is 17.3 Å². The van der Waals surface area contributed by atoms with Gasteiger partial charge in [-0.15, -0.1) is 11.6 Å². The van der Waals surface area contributed by atoms with Crippen molar-refractivity contribution in [2.75, 3.05) is 7.11 Å². The summed E-state index contributed by atoms with van der Waals surface area (Å²) in [6, 6.07) is 9.64. The van der Waals surface area contributed by atoms with Crippen molar-refractivity contribution in [1.29, 1.82) is 0 Å². The van der Waals surface area contributed by atoms with Gasteiger partial charge >= 0.3 is 0 Å². The van der Waals surface area contributed by atoms with Crippen LogP contribution in [-0.2, 0) is 12.5 Å². The fourth-order valence-electron chi connectivity index (χ4n) is 1.82. The number of hydrogen-bond acceptors (Lipinski definition) is 3. The van der Waals surface area contributed by atoms with E-state index in [1.807, 2.05) is 37.3 Å². The number of alkyl halides is 1. The van der Waals surface area contributed by atoms with E-state index >= 15 is 0 Å². The molecule has 1 aromatic heterocycles. The van der Waals surface area contributed by atoms with E-state index in [0.717, 1.165) is 21.4 Å². The predicted molar refractivity (Wildman–Crippen MR) is 83.6 cm³/mol. The molecule has 0 aliphatic rings. The molecule has 1 heterocycles. The van der Waals surface area contributed by atoms with Crippen LogP contribution in [0.2, 0.25) is 0 Å². The first kappa shape index (κ1) is 15.1. The largest absolute Gasteiger partial charge is 0.493 e. The molecule has 0 atom stereocenters. The van der Waals surface area contributed by atoms with Gasteiger partial charge in [0, 0.05) is 11.6 Å². The molecule has 0 fully saturated rings. The number of nitrogens with zero attached hydrogens (tertiary/aromatic N) is 1. The van der Waals surface area contributed by atoms with Crippen LogP contribution in [0.4, 0.5) is 0 Å². The Kier molecular flexibility index (Phi) is 5.26. The Morgan fingerprint density at radius 1 is 1.30 bits per heavy atom. The van der Waals surface area contributed by atoms with Crippen molar-refractivity contribution in [2.45, 2.75) is 19.4 Å². The van der Waals surface area contributed by atoms with E-state index in [9.17, 15) is 0 Å². The SMILES string of the molecule is COc1cc(CCl)cc(Br)c1OCc1cccc(C)n1. The standard InChI is InChI=1S/C15H15BrClNO2/c1-10-4-3-5-12(18-10)9-20-15-13(16)6-11(8-17)7-14(15)19-2/h3-7H,8-9H2,1-2H3. The van der Waals surface area contributed by atoms with E-state index in [2.05, 4.69) is 20.9 Å². The van der Waals surface area contributed by atoms with Crippen molar-refractivity contribution in [3.05, 3.63) is 51.8 Å². The van der Waals surface area contributed by atoms with Crippen molar-refractivity contribution >= 4 is 27.5 Å². The van der Waals surface area contributed by atoms with Crippen molar-refractivity contribution in [2.24, 2.45) is 0 Å². The van der Waals surface area contributed by atoms with Gasteiger partial charge in [0.15, 0.2) is 11.5 Å². The smallest absolute Gasteiger partial charge is 0.175 e. The van der Waals surface area contributed by atoms with Crippen LogP contribution in [-0.4, -0.2) is 12.1 Å². The fourth-order valence-corrected chi connectivity index (χ4v) is 2.57. The second kappa shape index (κ2) is 6.95. The van der Waals surface area contributed by atoms with E-state index in [1.165, 1.54) is 0 Å². The van der Waals surface area contributed by atoms with Crippen LogP contribution in [0.15, 0.2) is 34.8 Å². The second-order valence-electron chi connectivity index (χ2n) is 4.30. The highest BCUT2D eigenvalue weighted by molar-refractivity contribution is 9.10. The first-order chi connectivity index (χ1) is 9.63. The Balaban J connectivity index is 2.20. The van der Waals surface area contributed by atoms with E-state index in [4.69, 9.17) is 21.1 Å². The Hall–Kier alpha value is -1.26. The molecule has 2 rings (SSSR count). The molecule has 0 radical (unpaired) electrons. The summed E-state index contributed by atoms with van der Waals surface area (Å²) in [6.45, 7) is 2.34. The highest BCUT2D eigenvalue weighted by atomic mass is 79.9. The summed E-state index contributed by atoms with van der Waals surface area (Å²) >= 11 is 9.33. The minimum Gasteiger partial charge on any atom is -0.493 e. The number of benzene rings is 1. The number of pyridine rings is 1. The Labute approximate surface area is 132 Å². The predicted octanol–water partition coefficient (Wildman–Crippen LogP) is 4.48. The second-order valence-corrected chi connectivity index (χ2v) is 5.42. The molecule has 0 unspecified atom stereocenters. The molecule has 0 saturated carbocycles. The molecular formula is C15H15BrClNO2. The molecule has 0 aliphatic carbocycles. The van der Waals surface area contributed by atoms with Crippen LogP contribution in [0.1, 0.15) is 17.0 Å². The summed E-state index contributed by atoms with van der Waals surface area (Å²) in [5.74, 6) is 1.74. The van der Waals surface area contributed by atoms with Gasteiger partial charge < -0.3 is 9.47 Å². The van der Waals surface area contributed by atoms with E-state index in [1.54, 1.807) is 7.11 Å². The Morgan fingerprint density at radius 3 is 2.75 bits per heavy atom. The van der Waals surface area contributed by atoms with Gasteiger partial charge in [0.25, 0.3) is 0 Å². The van der Waals surface area contributed by atoms with Crippen LogP contribution in [0.3, 0.4) is 0 Å². The average Bonchev–Trinajstić information content (AvgIpc) is 2.45. The molecule has 0 N–H and O–H groups in total. The third kappa shape index (κ3) is 3.64. The first-order valence-corrected chi connectivity index (χ1v) is 7.44. The fraction of sp³-hybridized carbons (Fsp3) is 0.267. The lowest BCUT2D eigenvalue weighted by Crippen LogP contribution is -2.01. The summed E-state index contributed by atoms with van der Waals surface area (Å²) < 4.78 is 12.0. The summed E-state index contributed by atoms with van der Waals surface area (Å²) in [4.78, 5) is 4.40. The molecule has 106 valence electrons. The van der Waals surface area contributed by atoms with Gasteiger partial charge in [-0.25, -0.2) is 0 Å². The van der Waals surface area contributed by atoms with Gasteiger partial charge in [-0.05, 0) is 52.7 Å². The minimum atomic E-state index is 0.386. The molecule has 0 aliphatic heterocycles. The maximum atomic E-state index is 5.84. The third-order valence-electron chi connectivity index (χ3n) is 2.75. The molecular weight excluding hydrogens is 342 g/mol. The lowest BCUT2D eigenvalue weighted by atomic mass is 10.2. The van der Waals surface area contributed by atoms with Crippen molar-refractivity contribution < 1.29 is 9.47 Å².